The number of fused-ring (bicyclic) bond motifs is 2. The number of amides is 2. The molecule has 37 heavy (non-hydrogen) atoms. The van der Waals surface area contributed by atoms with Gasteiger partial charge in [0.1, 0.15) is 11.9 Å². The largest absolute Gasteiger partial charge is 0.369 e. The van der Waals surface area contributed by atoms with Crippen molar-refractivity contribution in [1.29, 1.82) is 0 Å². The first kappa shape index (κ1) is 24.0. The highest BCUT2D eigenvalue weighted by atomic mass is 32.1. The molecule has 2 saturated heterocycles. The zero-order chi connectivity index (χ0) is 25.5. The first-order chi connectivity index (χ1) is 18.0. The highest BCUT2D eigenvalue weighted by Crippen LogP contribution is 2.34. The smallest absolute Gasteiger partial charge is 0.242 e. The van der Waals surface area contributed by atoms with Gasteiger partial charge in [0.2, 0.25) is 17.8 Å². The highest BCUT2D eigenvalue weighted by Gasteiger charge is 2.28. The molecule has 1 aromatic carbocycles. The molecule has 3 aromatic heterocycles. The summed E-state index contributed by atoms with van der Waals surface area (Å²) in [6.07, 6.45) is 0.556. The number of nitrogens with zero attached hydrogens (tertiary/aromatic N) is 6. The van der Waals surface area contributed by atoms with E-state index in [0.717, 1.165) is 50.6 Å². The monoisotopic (exact) mass is 519 g/mol. The Bertz CT molecular complexity index is 1490. The van der Waals surface area contributed by atoms with Crippen LogP contribution in [-0.4, -0.2) is 80.5 Å². The van der Waals surface area contributed by atoms with Gasteiger partial charge in [0.25, 0.3) is 0 Å². The number of ether oxygens (including phenoxy) is 1. The molecular weight excluding hydrogens is 490 g/mol. The van der Waals surface area contributed by atoms with E-state index in [1.807, 2.05) is 33.7 Å². The normalized spacial score (nSPS) is 18.8. The van der Waals surface area contributed by atoms with E-state index in [4.69, 9.17) is 19.7 Å². The minimum atomic E-state index is -0.190. The van der Waals surface area contributed by atoms with Crippen LogP contribution in [0, 0.1) is 0 Å². The third-order valence-electron chi connectivity index (χ3n) is 6.93. The molecule has 0 saturated carbocycles. The van der Waals surface area contributed by atoms with Gasteiger partial charge >= 0.3 is 0 Å². The summed E-state index contributed by atoms with van der Waals surface area (Å²) in [6, 6.07) is 10.1. The van der Waals surface area contributed by atoms with E-state index in [0.29, 0.717) is 38.7 Å². The number of para-hydroxylation sites is 2. The Kier molecular flexibility index (Phi) is 6.35. The summed E-state index contributed by atoms with van der Waals surface area (Å²) in [6.45, 7) is 7.38. The van der Waals surface area contributed by atoms with E-state index in [-0.39, 0.29) is 24.5 Å². The Hall–Kier alpha value is -3.41. The van der Waals surface area contributed by atoms with Gasteiger partial charge in [-0.25, -0.2) is 15.0 Å². The number of piperazine rings is 1. The van der Waals surface area contributed by atoms with E-state index in [9.17, 15) is 9.59 Å². The van der Waals surface area contributed by atoms with E-state index < -0.39 is 0 Å². The number of hydrogen-bond acceptors (Lipinski definition) is 8. The van der Waals surface area contributed by atoms with Gasteiger partial charge in [0, 0.05) is 44.4 Å². The van der Waals surface area contributed by atoms with E-state index in [2.05, 4.69) is 18.3 Å². The molecule has 10 nitrogen and oxygen atoms in total. The number of nitrogens with one attached hydrogen (secondary N) is 1. The Morgan fingerprint density at radius 1 is 1.19 bits per heavy atom. The number of benzene rings is 1. The summed E-state index contributed by atoms with van der Waals surface area (Å²) in [5, 5.41) is 3.41. The SMILES string of the molecule is CCc1nc2ccccc2n1-c1nc(C2CNCCO2)c2sc(CN3CCN(C(C)=O)CC3=O)cc2n1. The lowest BCUT2D eigenvalue weighted by Gasteiger charge is -2.33. The maximum absolute atomic E-state index is 12.7. The number of thiophene rings is 1. The van der Waals surface area contributed by atoms with Gasteiger partial charge in [-0.05, 0) is 18.2 Å². The first-order valence-corrected chi connectivity index (χ1v) is 13.5. The van der Waals surface area contributed by atoms with Crippen molar-refractivity contribution < 1.29 is 14.3 Å². The summed E-state index contributed by atoms with van der Waals surface area (Å²) >= 11 is 1.61. The molecule has 0 spiro atoms. The molecule has 1 atom stereocenters. The maximum atomic E-state index is 12.7. The number of aryl methyl sites for hydroxylation is 1. The second kappa shape index (κ2) is 9.81. The Morgan fingerprint density at radius 3 is 2.81 bits per heavy atom. The Morgan fingerprint density at radius 2 is 2.05 bits per heavy atom. The third-order valence-corrected chi connectivity index (χ3v) is 8.06. The van der Waals surface area contributed by atoms with Crippen molar-refractivity contribution in [2.45, 2.75) is 32.9 Å². The molecule has 1 unspecified atom stereocenters. The highest BCUT2D eigenvalue weighted by molar-refractivity contribution is 7.19. The minimum Gasteiger partial charge on any atom is -0.369 e. The molecule has 192 valence electrons. The fourth-order valence-electron chi connectivity index (χ4n) is 4.99. The molecule has 0 aliphatic carbocycles. The average molecular weight is 520 g/mol. The van der Waals surface area contributed by atoms with Gasteiger partial charge in [0.05, 0.1) is 46.6 Å². The zero-order valence-electron chi connectivity index (χ0n) is 20.9. The lowest BCUT2D eigenvalue weighted by molar-refractivity contribution is -0.144. The van der Waals surface area contributed by atoms with E-state index in [1.165, 1.54) is 6.92 Å². The van der Waals surface area contributed by atoms with Crippen LogP contribution in [0.5, 0.6) is 0 Å². The number of morpholine rings is 1. The van der Waals surface area contributed by atoms with E-state index >= 15 is 0 Å². The fourth-order valence-corrected chi connectivity index (χ4v) is 6.14. The number of carbonyl (C=O) groups is 2. The van der Waals surface area contributed by atoms with Crippen LogP contribution in [0.2, 0.25) is 0 Å². The molecule has 2 aliphatic rings. The molecule has 0 bridgehead atoms. The second-order valence-corrected chi connectivity index (χ2v) is 10.5. The predicted octanol–water partition coefficient (Wildman–Crippen LogP) is 2.44. The van der Waals surface area contributed by atoms with Gasteiger partial charge in [-0.2, -0.15) is 0 Å². The second-order valence-electron chi connectivity index (χ2n) is 9.36. The van der Waals surface area contributed by atoms with Crippen molar-refractivity contribution in [2.24, 2.45) is 0 Å². The minimum absolute atomic E-state index is 0.0387. The Labute approximate surface area is 218 Å². The van der Waals surface area contributed by atoms with Crippen molar-refractivity contribution in [3.05, 3.63) is 46.7 Å². The molecule has 2 aliphatic heterocycles. The van der Waals surface area contributed by atoms with Gasteiger partial charge in [-0.3, -0.25) is 14.2 Å². The molecular formula is C26H29N7O3S. The average Bonchev–Trinajstić information content (AvgIpc) is 3.50. The van der Waals surface area contributed by atoms with Crippen LogP contribution in [0.15, 0.2) is 30.3 Å². The predicted molar refractivity (Wildman–Crippen MR) is 141 cm³/mol. The number of aromatic nitrogens is 4. The van der Waals surface area contributed by atoms with Gasteiger partial charge < -0.3 is 19.9 Å². The topological polar surface area (TPSA) is 105 Å². The molecule has 2 fully saturated rings. The summed E-state index contributed by atoms with van der Waals surface area (Å²) < 4.78 is 9.14. The number of hydrogen-bond donors (Lipinski definition) is 1. The van der Waals surface area contributed by atoms with Crippen LogP contribution in [0.4, 0.5) is 0 Å². The number of imidazole rings is 1. The van der Waals surface area contributed by atoms with Gasteiger partial charge in [-0.1, -0.05) is 19.1 Å². The van der Waals surface area contributed by atoms with Gasteiger partial charge in [0.15, 0.2) is 0 Å². The van der Waals surface area contributed by atoms with Crippen molar-refractivity contribution >= 4 is 44.4 Å². The quantitative estimate of drug-likeness (QED) is 0.432. The third kappa shape index (κ3) is 4.47. The molecule has 11 heteroatoms. The summed E-state index contributed by atoms with van der Waals surface area (Å²) in [7, 11) is 0. The zero-order valence-corrected chi connectivity index (χ0v) is 21.8. The molecule has 5 heterocycles. The van der Waals surface area contributed by atoms with Crippen LogP contribution in [0.3, 0.4) is 0 Å². The molecule has 2 amide bonds. The molecule has 0 radical (unpaired) electrons. The van der Waals surface area contributed by atoms with Crippen LogP contribution in [0.1, 0.15) is 36.3 Å². The molecule has 4 aromatic rings. The summed E-state index contributed by atoms with van der Waals surface area (Å²) in [5.74, 6) is 1.38. The first-order valence-electron chi connectivity index (χ1n) is 12.6. The fraction of sp³-hybridized carbons (Fsp3) is 0.423. The lowest BCUT2D eigenvalue weighted by atomic mass is 10.2. The van der Waals surface area contributed by atoms with Crippen LogP contribution in [-0.2, 0) is 27.3 Å². The van der Waals surface area contributed by atoms with Crippen molar-refractivity contribution in [1.82, 2.24) is 34.6 Å². The number of carbonyl (C=O) groups excluding carboxylic acids is 2. The standard InChI is InChI=1S/C26H29N7O3S/c1-3-22-28-18-6-4-5-7-20(18)33(22)26-29-19-12-17(14-32-10-9-31(16(2)34)15-23(32)35)37-25(19)24(30-26)21-13-27-8-11-36-21/h4-7,12,21,27H,3,8-11,13-15H2,1-2H3. The van der Waals surface area contributed by atoms with Crippen molar-refractivity contribution in [3.8, 4) is 5.95 Å². The van der Waals surface area contributed by atoms with Crippen molar-refractivity contribution in [2.75, 3.05) is 39.3 Å². The van der Waals surface area contributed by atoms with Crippen LogP contribution >= 0.6 is 11.3 Å². The van der Waals surface area contributed by atoms with Crippen LogP contribution in [0.25, 0.3) is 27.2 Å². The summed E-state index contributed by atoms with van der Waals surface area (Å²) in [5.41, 5.74) is 3.57. The van der Waals surface area contributed by atoms with E-state index in [1.54, 1.807) is 16.2 Å². The summed E-state index contributed by atoms with van der Waals surface area (Å²) in [4.78, 5) is 43.7. The van der Waals surface area contributed by atoms with Gasteiger partial charge in [-0.15, -0.1) is 11.3 Å². The number of rotatable bonds is 5. The molecule has 1 N–H and O–H groups in total. The van der Waals surface area contributed by atoms with Crippen LogP contribution < -0.4 is 5.32 Å². The van der Waals surface area contributed by atoms with Crippen molar-refractivity contribution in [3.63, 3.8) is 0 Å². The molecule has 6 rings (SSSR count). The maximum Gasteiger partial charge on any atom is 0.242 e. The Balaban J connectivity index is 1.42. The lowest BCUT2D eigenvalue weighted by Crippen LogP contribution is -2.51.